The second kappa shape index (κ2) is 8.46. The van der Waals surface area contributed by atoms with Crippen LogP contribution in [0, 0.1) is 35.5 Å². The van der Waals surface area contributed by atoms with Gasteiger partial charge in [0, 0.05) is 13.2 Å². The number of hydrogen-bond donors (Lipinski definition) is 0. The van der Waals surface area contributed by atoms with Crippen LogP contribution in [0.5, 0.6) is 0 Å². The van der Waals surface area contributed by atoms with Crippen LogP contribution in [0.2, 0.25) is 36.3 Å². The molecule has 0 amide bonds. The highest BCUT2D eigenvalue weighted by Crippen LogP contribution is 2.78. The molecular weight excluding hydrogens is 428 g/mol. The maximum atomic E-state index is 6.71. The van der Waals surface area contributed by atoms with Crippen LogP contribution in [-0.2, 0) is 13.6 Å². The molecule has 5 atom stereocenters. The van der Waals surface area contributed by atoms with E-state index >= 15 is 0 Å². The Balaban J connectivity index is 1.63. The van der Waals surface area contributed by atoms with E-state index in [4.69, 9.17) is 13.6 Å². The third kappa shape index (κ3) is 5.12. The smallest absolute Gasteiger partial charge is 0.191 e. The molecule has 4 aliphatic carbocycles. The minimum absolute atomic E-state index is 0.0559. The van der Waals surface area contributed by atoms with Gasteiger partial charge in [0.25, 0.3) is 0 Å². The van der Waals surface area contributed by atoms with Gasteiger partial charge in [-0.2, -0.15) is 0 Å². The molecule has 4 aliphatic rings. The highest BCUT2D eigenvalue weighted by Gasteiger charge is 2.77. The van der Waals surface area contributed by atoms with Crippen molar-refractivity contribution in [1.29, 1.82) is 0 Å². The Morgan fingerprint density at radius 1 is 0.562 bits per heavy atom. The fourth-order valence-corrected chi connectivity index (χ4v) is 8.33. The Hall–Kier alpha value is 0.314. The summed E-state index contributed by atoms with van der Waals surface area (Å²) < 4.78 is 19.9. The van der Waals surface area contributed by atoms with Gasteiger partial charge < -0.3 is 13.6 Å². The van der Waals surface area contributed by atoms with Crippen molar-refractivity contribution in [3.63, 3.8) is 0 Å². The van der Waals surface area contributed by atoms with Crippen LogP contribution in [0.4, 0.5) is 0 Å². The van der Waals surface area contributed by atoms with Gasteiger partial charge in [0.05, 0.1) is 11.7 Å². The van der Waals surface area contributed by atoms with E-state index in [2.05, 4.69) is 88.5 Å². The Bertz CT molecular complexity index is 622. The van der Waals surface area contributed by atoms with Gasteiger partial charge in [-0.15, -0.1) is 0 Å². The summed E-state index contributed by atoms with van der Waals surface area (Å²) in [5.41, 5.74) is -0.0559. The monoisotopic (exact) mass is 482 g/mol. The number of hydrogen-bond acceptors (Lipinski definition) is 3. The summed E-state index contributed by atoms with van der Waals surface area (Å²) in [6, 6.07) is 0. The summed E-state index contributed by atoms with van der Waals surface area (Å²) in [5, 5.41) is 0.572. The molecular formula is C27H54O3Si2. The van der Waals surface area contributed by atoms with Gasteiger partial charge in [0.2, 0.25) is 0 Å². The lowest BCUT2D eigenvalue weighted by Crippen LogP contribution is -2.41. The van der Waals surface area contributed by atoms with Crippen molar-refractivity contribution in [3.05, 3.63) is 0 Å². The molecule has 0 radical (unpaired) electrons. The Kier molecular flexibility index (Phi) is 7.12. The molecule has 4 rings (SSSR count). The van der Waals surface area contributed by atoms with Crippen molar-refractivity contribution >= 4 is 16.6 Å². The van der Waals surface area contributed by atoms with Crippen LogP contribution < -0.4 is 0 Å². The Labute approximate surface area is 202 Å². The van der Waals surface area contributed by atoms with E-state index in [9.17, 15) is 0 Å². The Morgan fingerprint density at radius 3 is 1.25 bits per heavy atom. The normalized spacial score (nSPS) is 35.0. The van der Waals surface area contributed by atoms with E-state index in [0.29, 0.717) is 12.0 Å². The van der Waals surface area contributed by atoms with Crippen molar-refractivity contribution in [2.45, 2.75) is 123 Å². The molecule has 32 heavy (non-hydrogen) atoms. The van der Waals surface area contributed by atoms with Crippen LogP contribution in [0.3, 0.4) is 0 Å². The molecule has 5 unspecified atom stereocenters. The molecule has 0 aromatic carbocycles. The lowest BCUT2D eigenvalue weighted by atomic mass is 9.86. The first-order valence-corrected chi connectivity index (χ1v) is 19.1. The van der Waals surface area contributed by atoms with Crippen LogP contribution in [0.1, 0.15) is 75.2 Å². The third-order valence-electron chi connectivity index (χ3n) is 9.86. The van der Waals surface area contributed by atoms with Crippen LogP contribution >= 0.6 is 0 Å². The average molecular weight is 483 g/mol. The van der Waals surface area contributed by atoms with Crippen molar-refractivity contribution < 1.29 is 13.6 Å². The first-order chi connectivity index (χ1) is 14.3. The molecule has 188 valence electrons. The fraction of sp³-hybridized carbons (Fsp3) is 1.00. The fourth-order valence-electron chi connectivity index (χ4n) is 6.21. The number of ether oxygens (including phenoxy) is 1. The van der Waals surface area contributed by atoms with Gasteiger partial charge in [-0.05, 0) is 105 Å². The zero-order valence-corrected chi connectivity index (χ0v) is 25.6. The molecule has 3 nitrogen and oxygen atoms in total. The van der Waals surface area contributed by atoms with Gasteiger partial charge in [-0.25, -0.2) is 0 Å². The van der Waals surface area contributed by atoms with Gasteiger partial charge >= 0.3 is 0 Å². The van der Waals surface area contributed by atoms with Gasteiger partial charge in [-0.3, -0.25) is 0 Å². The van der Waals surface area contributed by atoms with E-state index < -0.39 is 16.6 Å². The van der Waals surface area contributed by atoms with Crippen molar-refractivity contribution in [2.75, 3.05) is 13.2 Å². The first kappa shape index (κ1) is 26.9. The zero-order chi connectivity index (χ0) is 24.5. The lowest BCUT2D eigenvalue weighted by molar-refractivity contribution is -0.0845. The standard InChI is InChI=1S/C27H54O3Si2/c1-25(2,3)30-24-20-18(14-16-28-31(10,11)26(4,5)6)21-22(23(21)24)19(20)15-17-29-32(12,13)27(7,8)9/h18-24H,14-17H2,1-13H3. The van der Waals surface area contributed by atoms with Gasteiger partial charge in [0.1, 0.15) is 0 Å². The lowest BCUT2D eigenvalue weighted by Gasteiger charge is -2.37. The molecule has 4 fully saturated rings. The summed E-state index contributed by atoms with van der Waals surface area (Å²) in [4.78, 5) is 0. The minimum Gasteiger partial charge on any atom is -0.417 e. The minimum atomic E-state index is -1.67. The predicted octanol–water partition coefficient (Wildman–Crippen LogP) is 7.73. The molecule has 4 saturated carbocycles. The van der Waals surface area contributed by atoms with Crippen LogP contribution in [0.15, 0.2) is 0 Å². The second-order valence-corrected chi connectivity index (χ2v) is 24.7. The summed E-state index contributed by atoms with van der Waals surface area (Å²) in [5.74, 6) is 4.86. The van der Waals surface area contributed by atoms with E-state index in [1.165, 1.54) is 12.8 Å². The summed E-state index contributed by atoms with van der Waals surface area (Å²) >= 11 is 0. The van der Waals surface area contributed by atoms with Crippen molar-refractivity contribution in [1.82, 2.24) is 0 Å². The van der Waals surface area contributed by atoms with Crippen molar-refractivity contribution in [2.24, 2.45) is 35.5 Å². The first-order valence-electron chi connectivity index (χ1n) is 13.2. The van der Waals surface area contributed by atoms with E-state index in [-0.39, 0.29) is 15.7 Å². The molecule has 4 bridgehead atoms. The Morgan fingerprint density at radius 2 is 0.938 bits per heavy atom. The van der Waals surface area contributed by atoms with E-state index in [1.807, 2.05) is 0 Å². The topological polar surface area (TPSA) is 27.7 Å². The van der Waals surface area contributed by atoms with Crippen LogP contribution in [-0.4, -0.2) is 41.6 Å². The van der Waals surface area contributed by atoms with Crippen molar-refractivity contribution in [3.8, 4) is 0 Å². The molecule has 0 N–H and O–H groups in total. The largest absolute Gasteiger partial charge is 0.417 e. The summed E-state index contributed by atoms with van der Waals surface area (Å²) in [6.45, 7) is 32.1. The number of rotatable bonds is 9. The maximum Gasteiger partial charge on any atom is 0.191 e. The van der Waals surface area contributed by atoms with E-state index in [1.54, 1.807) is 0 Å². The molecule has 0 spiro atoms. The third-order valence-corrected chi connectivity index (χ3v) is 18.9. The molecule has 5 heteroatoms. The predicted molar refractivity (Wildman–Crippen MR) is 141 cm³/mol. The molecule has 0 aromatic rings. The maximum absolute atomic E-state index is 6.71. The highest BCUT2D eigenvalue weighted by atomic mass is 28.4. The molecule has 0 saturated heterocycles. The quantitative estimate of drug-likeness (QED) is 0.315. The highest BCUT2D eigenvalue weighted by molar-refractivity contribution is 6.74. The van der Waals surface area contributed by atoms with Gasteiger partial charge in [-0.1, -0.05) is 41.5 Å². The van der Waals surface area contributed by atoms with E-state index in [0.717, 1.165) is 42.8 Å². The molecule has 0 aliphatic heterocycles. The summed E-state index contributed by atoms with van der Waals surface area (Å²) in [7, 11) is -3.34. The zero-order valence-electron chi connectivity index (χ0n) is 23.6. The molecule has 0 aromatic heterocycles. The summed E-state index contributed by atoms with van der Waals surface area (Å²) in [6.07, 6.45) is 2.90. The average Bonchev–Trinajstić information content (AvgIpc) is 2.99. The molecule has 0 heterocycles. The van der Waals surface area contributed by atoms with Gasteiger partial charge in [0.15, 0.2) is 16.6 Å². The SMILES string of the molecule is CC(C)(C)OC1C2C(CCO[Si](C)(C)C(C)(C)C)C3C(C2CCO[Si](C)(C)C(C)(C)C)C13. The van der Waals surface area contributed by atoms with Crippen LogP contribution in [0.25, 0.3) is 0 Å². The second-order valence-electron chi connectivity index (χ2n) is 15.1.